The predicted molar refractivity (Wildman–Crippen MR) is 54.6 cm³/mol. The highest BCUT2D eigenvalue weighted by Crippen LogP contribution is 2.36. The molecule has 0 aliphatic rings. The summed E-state index contributed by atoms with van der Waals surface area (Å²) in [5.74, 6) is 0. The fourth-order valence-corrected chi connectivity index (χ4v) is 1.62. The second kappa shape index (κ2) is 3.93. The van der Waals surface area contributed by atoms with Gasteiger partial charge in [-0.15, -0.1) is 0 Å². The van der Waals surface area contributed by atoms with E-state index in [2.05, 4.69) is 25.6 Å². The normalized spacial score (nSPS) is 11.8. The van der Waals surface area contributed by atoms with Crippen molar-refractivity contribution in [2.75, 3.05) is 0 Å². The van der Waals surface area contributed by atoms with Gasteiger partial charge in [0.05, 0.1) is 5.56 Å². The third-order valence-electron chi connectivity index (χ3n) is 1.99. The quantitative estimate of drug-likeness (QED) is 0.790. The van der Waals surface area contributed by atoms with Crippen molar-refractivity contribution in [3.8, 4) is 11.3 Å². The fraction of sp³-hybridized carbons (Fsp3) is 0.100. The summed E-state index contributed by atoms with van der Waals surface area (Å²) in [5, 5.41) is 3.54. The third kappa shape index (κ3) is 2.11. The van der Waals surface area contributed by atoms with Gasteiger partial charge in [0.25, 0.3) is 0 Å². The lowest BCUT2D eigenvalue weighted by Crippen LogP contribution is -2.06. The molecule has 16 heavy (non-hydrogen) atoms. The zero-order valence-electron chi connectivity index (χ0n) is 7.75. The van der Waals surface area contributed by atoms with Crippen molar-refractivity contribution in [2.24, 2.45) is 0 Å². The van der Waals surface area contributed by atoms with E-state index in [4.69, 9.17) is 0 Å². The van der Waals surface area contributed by atoms with Crippen LogP contribution in [0.4, 0.5) is 13.2 Å². The highest BCUT2D eigenvalue weighted by atomic mass is 79.9. The minimum absolute atomic E-state index is 0.00412. The van der Waals surface area contributed by atoms with Gasteiger partial charge >= 0.3 is 6.18 Å². The topological polar surface area (TPSA) is 26.0 Å². The van der Waals surface area contributed by atoms with Crippen LogP contribution in [0.2, 0.25) is 0 Å². The van der Waals surface area contributed by atoms with Crippen LogP contribution in [-0.2, 0) is 6.18 Å². The van der Waals surface area contributed by atoms with E-state index < -0.39 is 11.7 Å². The monoisotopic (exact) mass is 291 g/mol. The minimum Gasteiger partial charge on any atom is -0.349 e. The van der Waals surface area contributed by atoms with Crippen molar-refractivity contribution in [3.05, 3.63) is 40.6 Å². The molecule has 1 aromatic carbocycles. The van der Waals surface area contributed by atoms with Gasteiger partial charge in [-0.1, -0.05) is 23.4 Å². The predicted octanol–water partition coefficient (Wildman–Crippen LogP) is 4.12. The molecule has 0 atom stereocenters. The van der Waals surface area contributed by atoms with E-state index in [1.807, 2.05) is 0 Å². The zero-order valence-corrected chi connectivity index (χ0v) is 9.34. The van der Waals surface area contributed by atoms with Crippen LogP contribution in [0, 0.1) is 0 Å². The Morgan fingerprint density at radius 2 is 1.88 bits per heavy atom. The first-order chi connectivity index (χ1) is 7.48. The summed E-state index contributed by atoms with van der Waals surface area (Å²) < 4.78 is 43.0. The molecule has 0 N–H and O–H groups in total. The number of alkyl halides is 3. The first-order valence-corrected chi connectivity index (χ1v) is 5.06. The first kappa shape index (κ1) is 11.2. The zero-order chi connectivity index (χ0) is 11.8. The van der Waals surface area contributed by atoms with E-state index in [-0.39, 0.29) is 11.3 Å². The number of hydrogen-bond acceptors (Lipinski definition) is 2. The van der Waals surface area contributed by atoms with Crippen molar-refractivity contribution in [1.82, 2.24) is 5.16 Å². The molecular weight excluding hydrogens is 287 g/mol. The highest BCUT2D eigenvalue weighted by Gasteiger charge is 2.33. The summed E-state index contributed by atoms with van der Waals surface area (Å²) in [5.41, 5.74) is -0.569. The second-order valence-electron chi connectivity index (χ2n) is 3.06. The number of benzene rings is 1. The lowest BCUT2D eigenvalue weighted by molar-refractivity contribution is -0.137. The average Bonchev–Trinajstić information content (AvgIpc) is 2.64. The first-order valence-electron chi connectivity index (χ1n) is 4.27. The standard InChI is InChI=1S/C10H5BrF3NO/c11-9-5-8(15-16-9)6-3-1-2-4-7(6)10(12,13)14/h1-5H. The number of rotatable bonds is 1. The molecule has 2 rings (SSSR count). The van der Waals surface area contributed by atoms with Gasteiger partial charge in [0.1, 0.15) is 5.69 Å². The van der Waals surface area contributed by atoms with E-state index in [1.54, 1.807) is 0 Å². The molecule has 0 fully saturated rings. The van der Waals surface area contributed by atoms with Crippen LogP contribution in [0.3, 0.4) is 0 Å². The maximum absolute atomic E-state index is 12.7. The van der Waals surface area contributed by atoms with Crippen LogP contribution in [0.15, 0.2) is 39.5 Å². The Morgan fingerprint density at radius 3 is 2.44 bits per heavy atom. The SMILES string of the molecule is FC(F)(F)c1ccccc1-c1cc(Br)on1. The molecule has 2 nitrogen and oxygen atoms in total. The maximum Gasteiger partial charge on any atom is 0.417 e. The minimum atomic E-state index is -4.40. The summed E-state index contributed by atoms with van der Waals surface area (Å²) in [6.07, 6.45) is -4.40. The van der Waals surface area contributed by atoms with Gasteiger partial charge in [0, 0.05) is 11.6 Å². The fourth-order valence-electron chi connectivity index (χ4n) is 1.33. The largest absolute Gasteiger partial charge is 0.417 e. The smallest absolute Gasteiger partial charge is 0.349 e. The van der Waals surface area contributed by atoms with E-state index in [9.17, 15) is 13.2 Å². The maximum atomic E-state index is 12.7. The molecule has 0 aliphatic carbocycles. The van der Waals surface area contributed by atoms with Gasteiger partial charge in [-0.3, -0.25) is 0 Å². The summed E-state index contributed by atoms with van der Waals surface area (Å²) in [6.45, 7) is 0. The molecule has 0 unspecified atom stereocenters. The molecule has 1 aromatic heterocycles. The van der Waals surface area contributed by atoms with Gasteiger partial charge in [-0.2, -0.15) is 13.2 Å². The average molecular weight is 292 g/mol. The van der Waals surface area contributed by atoms with E-state index in [1.165, 1.54) is 24.3 Å². The molecule has 84 valence electrons. The van der Waals surface area contributed by atoms with Crippen molar-refractivity contribution in [2.45, 2.75) is 6.18 Å². The van der Waals surface area contributed by atoms with Crippen LogP contribution < -0.4 is 0 Å². The summed E-state index contributed by atoms with van der Waals surface area (Å²) in [4.78, 5) is 0. The molecule has 0 bridgehead atoms. The van der Waals surface area contributed by atoms with Gasteiger partial charge in [0.15, 0.2) is 0 Å². The molecule has 0 aliphatic heterocycles. The Labute approximate surface area is 97.2 Å². The van der Waals surface area contributed by atoms with Gasteiger partial charge in [-0.05, 0) is 22.0 Å². The van der Waals surface area contributed by atoms with E-state index in [0.29, 0.717) is 4.67 Å². The molecule has 0 spiro atoms. The number of halogens is 4. The Balaban J connectivity index is 2.57. The summed E-state index contributed by atoms with van der Waals surface area (Å²) in [7, 11) is 0. The van der Waals surface area contributed by atoms with Crippen molar-refractivity contribution in [1.29, 1.82) is 0 Å². The molecule has 6 heteroatoms. The van der Waals surface area contributed by atoms with Crippen LogP contribution in [0.1, 0.15) is 5.56 Å². The molecule has 0 amide bonds. The Morgan fingerprint density at radius 1 is 1.19 bits per heavy atom. The lowest BCUT2D eigenvalue weighted by Gasteiger charge is -2.09. The molecular formula is C10H5BrF3NO. The Kier molecular flexibility index (Phi) is 2.75. The van der Waals surface area contributed by atoms with Crippen LogP contribution in [-0.4, -0.2) is 5.16 Å². The van der Waals surface area contributed by atoms with Crippen LogP contribution in [0.5, 0.6) is 0 Å². The summed E-state index contributed by atoms with van der Waals surface area (Å²) >= 11 is 2.99. The summed E-state index contributed by atoms with van der Waals surface area (Å²) in [6, 6.07) is 6.62. The van der Waals surface area contributed by atoms with Gasteiger partial charge < -0.3 is 4.52 Å². The Bertz CT molecular complexity index is 507. The lowest BCUT2D eigenvalue weighted by atomic mass is 10.0. The number of aromatic nitrogens is 1. The molecule has 0 saturated heterocycles. The molecule has 1 heterocycles. The van der Waals surface area contributed by atoms with Gasteiger partial charge in [-0.25, -0.2) is 0 Å². The third-order valence-corrected chi connectivity index (χ3v) is 2.36. The Hall–Kier alpha value is -1.30. The molecule has 0 saturated carbocycles. The molecule has 0 radical (unpaired) electrons. The second-order valence-corrected chi connectivity index (χ2v) is 3.84. The van der Waals surface area contributed by atoms with Crippen molar-refractivity contribution < 1.29 is 17.7 Å². The molecule has 2 aromatic rings. The van der Waals surface area contributed by atoms with E-state index >= 15 is 0 Å². The van der Waals surface area contributed by atoms with Gasteiger partial charge in [0.2, 0.25) is 4.67 Å². The van der Waals surface area contributed by atoms with Crippen molar-refractivity contribution in [3.63, 3.8) is 0 Å². The van der Waals surface area contributed by atoms with E-state index in [0.717, 1.165) is 6.07 Å². The number of hydrogen-bond donors (Lipinski definition) is 0. The van der Waals surface area contributed by atoms with Crippen LogP contribution >= 0.6 is 15.9 Å². The van der Waals surface area contributed by atoms with Crippen molar-refractivity contribution >= 4 is 15.9 Å². The van der Waals surface area contributed by atoms with Crippen LogP contribution in [0.25, 0.3) is 11.3 Å². The number of nitrogens with zero attached hydrogens (tertiary/aromatic N) is 1. The highest BCUT2D eigenvalue weighted by molar-refractivity contribution is 9.10.